The zero-order chi connectivity index (χ0) is 14.0. The number of aryl methyl sites for hydroxylation is 1. The molecule has 2 rings (SSSR count). The van der Waals surface area contributed by atoms with Crippen molar-refractivity contribution in [2.45, 2.75) is 6.54 Å². The number of halogens is 2. The zero-order valence-corrected chi connectivity index (χ0v) is 10.8. The minimum Gasteiger partial charge on any atom is -0.478 e. The molecule has 0 spiro atoms. The molecule has 100 valence electrons. The summed E-state index contributed by atoms with van der Waals surface area (Å²) in [5, 5.41) is 16.1. The Morgan fingerprint density at radius 3 is 3.00 bits per heavy atom. The van der Waals surface area contributed by atoms with Gasteiger partial charge >= 0.3 is 5.97 Å². The molecule has 0 fully saturated rings. The van der Waals surface area contributed by atoms with Gasteiger partial charge in [-0.15, -0.1) is 0 Å². The summed E-state index contributed by atoms with van der Waals surface area (Å²) < 4.78 is 14.9. The highest BCUT2D eigenvalue weighted by Gasteiger charge is 2.15. The van der Waals surface area contributed by atoms with Gasteiger partial charge in [-0.1, -0.05) is 11.6 Å². The molecule has 0 aliphatic rings. The monoisotopic (exact) mass is 283 g/mol. The third-order valence-corrected chi connectivity index (χ3v) is 2.90. The van der Waals surface area contributed by atoms with Gasteiger partial charge in [0.1, 0.15) is 11.4 Å². The standard InChI is InChI=1S/C12H11ClFN3O2/c1-17-11(8(5-16-17)12(18)19)6-15-10-4-7(13)2-3-9(10)14/h2-5,15H,6H2,1H3,(H,18,19). The lowest BCUT2D eigenvalue weighted by Gasteiger charge is -2.09. The van der Waals surface area contributed by atoms with Gasteiger partial charge in [-0.3, -0.25) is 4.68 Å². The smallest absolute Gasteiger partial charge is 0.339 e. The Hall–Kier alpha value is -2.08. The van der Waals surface area contributed by atoms with Crippen LogP contribution in [-0.2, 0) is 13.6 Å². The highest BCUT2D eigenvalue weighted by atomic mass is 35.5. The topological polar surface area (TPSA) is 67.2 Å². The van der Waals surface area contributed by atoms with E-state index in [2.05, 4.69) is 10.4 Å². The Bertz CT molecular complexity index is 627. The summed E-state index contributed by atoms with van der Waals surface area (Å²) in [6, 6.07) is 4.12. The Morgan fingerprint density at radius 2 is 2.32 bits per heavy atom. The van der Waals surface area contributed by atoms with E-state index in [0.717, 1.165) is 0 Å². The van der Waals surface area contributed by atoms with Crippen LogP contribution in [0.4, 0.5) is 10.1 Å². The Labute approximate surface area is 113 Å². The van der Waals surface area contributed by atoms with Gasteiger partial charge < -0.3 is 10.4 Å². The first-order valence-electron chi connectivity index (χ1n) is 5.42. The minimum atomic E-state index is -1.07. The molecule has 0 atom stereocenters. The summed E-state index contributed by atoms with van der Waals surface area (Å²) in [5.41, 5.74) is 0.745. The Balaban J connectivity index is 2.21. The van der Waals surface area contributed by atoms with Gasteiger partial charge in [0, 0.05) is 12.1 Å². The number of hydrogen-bond acceptors (Lipinski definition) is 3. The van der Waals surface area contributed by atoms with Crippen molar-refractivity contribution >= 4 is 23.3 Å². The molecule has 1 aromatic carbocycles. The maximum atomic E-state index is 13.5. The van der Waals surface area contributed by atoms with Crippen LogP contribution in [0.2, 0.25) is 5.02 Å². The van der Waals surface area contributed by atoms with Crippen LogP contribution in [0.25, 0.3) is 0 Å². The number of hydrogen-bond donors (Lipinski definition) is 2. The van der Waals surface area contributed by atoms with Gasteiger partial charge in [-0.25, -0.2) is 9.18 Å². The number of carboxylic acids is 1. The van der Waals surface area contributed by atoms with Crippen LogP contribution in [0.3, 0.4) is 0 Å². The molecule has 5 nitrogen and oxygen atoms in total. The molecule has 1 heterocycles. The highest BCUT2D eigenvalue weighted by Crippen LogP contribution is 2.20. The molecule has 7 heteroatoms. The number of aromatic nitrogens is 2. The first kappa shape index (κ1) is 13.4. The minimum absolute atomic E-state index is 0.0810. The molecule has 0 aliphatic carbocycles. The Morgan fingerprint density at radius 1 is 1.58 bits per heavy atom. The fourth-order valence-electron chi connectivity index (χ4n) is 1.66. The third kappa shape index (κ3) is 2.85. The lowest BCUT2D eigenvalue weighted by molar-refractivity contribution is 0.0695. The molecule has 2 N–H and O–H groups in total. The van der Waals surface area contributed by atoms with Gasteiger partial charge in [0.05, 0.1) is 24.1 Å². The molecule has 0 radical (unpaired) electrons. The van der Waals surface area contributed by atoms with E-state index in [-0.39, 0.29) is 17.8 Å². The Kier molecular flexibility index (Phi) is 3.71. The molecular weight excluding hydrogens is 273 g/mol. The van der Waals surface area contributed by atoms with E-state index in [0.29, 0.717) is 10.7 Å². The first-order chi connectivity index (χ1) is 8.99. The van der Waals surface area contributed by atoms with Crippen LogP contribution in [-0.4, -0.2) is 20.9 Å². The molecule has 0 bridgehead atoms. The van der Waals surface area contributed by atoms with Crippen molar-refractivity contribution in [2.24, 2.45) is 7.05 Å². The largest absolute Gasteiger partial charge is 0.478 e. The van der Waals surface area contributed by atoms with E-state index in [1.807, 2.05) is 0 Å². The van der Waals surface area contributed by atoms with Crippen molar-refractivity contribution < 1.29 is 14.3 Å². The summed E-state index contributed by atoms with van der Waals surface area (Å²) in [6.45, 7) is 0.134. The third-order valence-electron chi connectivity index (χ3n) is 2.67. The molecule has 0 aliphatic heterocycles. The summed E-state index contributed by atoms with van der Waals surface area (Å²) in [4.78, 5) is 11.0. The van der Waals surface area contributed by atoms with Gasteiger partial charge in [0.25, 0.3) is 0 Å². The van der Waals surface area contributed by atoms with Crippen molar-refractivity contribution in [1.82, 2.24) is 9.78 Å². The highest BCUT2D eigenvalue weighted by molar-refractivity contribution is 6.30. The zero-order valence-electron chi connectivity index (χ0n) is 10.0. The van der Waals surface area contributed by atoms with Gasteiger partial charge in [-0.05, 0) is 18.2 Å². The number of rotatable bonds is 4. The average Bonchev–Trinajstić information content (AvgIpc) is 2.72. The van der Waals surface area contributed by atoms with Crippen molar-refractivity contribution in [3.8, 4) is 0 Å². The molecule has 0 saturated heterocycles. The fourth-order valence-corrected chi connectivity index (χ4v) is 1.84. The van der Waals surface area contributed by atoms with Crippen LogP contribution in [0.5, 0.6) is 0 Å². The molecule has 1 aromatic heterocycles. The second-order valence-electron chi connectivity index (χ2n) is 3.91. The SMILES string of the molecule is Cn1ncc(C(=O)O)c1CNc1cc(Cl)ccc1F. The average molecular weight is 284 g/mol. The van der Waals surface area contributed by atoms with Crippen molar-refractivity contribution in [3.63, 3.8) is 0 Å². The predicted molar refractivity (Wildman–Crippen MR) is 68.9 cm³/mol. The second-order valence-corrected chi connectivity index (χ2v) is 4.35. The fraction of sp³-hybridized carbons (Fsp3) is 0.167. The number of nitrogens with one attached hydrogen (secondary N) is 1. The summed E-state index contributed by atoms with van der Waals surface area (Å²) >= 11 is 5.77. The van der Waals surface area contributed by atoms with E-state index in [1.165, 1.54) is 29.1 Å². The normalized spacial score (nSPS) is 10.5. The van der Waals surface area contributed by atoms with E-state index in [1.54, 1.807) is 7.05 Å². The maximum Gasteiger partial charge on any atom is 0.339 e. The van der Waals surface area contributed by atoms with Crippen LogP contribution in [0, 0.1) is 5.82 Å². The quantitative estimate of drug-likeness (QED) is 0.905. The number of aromatic carboxylic acids is 1. The van der Waals surface area contributed by atoms with Crippen LogP contribution in [0.1, 0.15) is 16.1 Å². The number of nitrogens with zero attached hydrogens (tertiary/aromatic N) is 2. The van der Waals surface area contributed by atoms with Gasteiger partial charge in [0.2, 0.25) is 0 Å². The number of carbonyl (C=O) groups is 1. The molecule has 0 saturated carbocycles. The van der Waals surface area contributed by atoms with E-state index in [4.69, 9.17) is 16.7 Å². The summed E-state index contributed by atoms with van der Waals surface area (Å²) in [7, 11) is 1.62. The van der Waals surface area contributed by atoms with E-state index in [9.17, 15) is 9.18 Å². The van der Waals surface area contributed by atoms with Crippen LogP contribution >= 0.6 is 11.6 Å². The molecule has 0 unspecified atom stereocenters. The summed E-state index contributed by atoms with van der Waals surface area (Å²) in [5.74, 6) is -1.53. The molecular formula is C12H11ClFN3O2. The van der Waals surface area contributed by atoms with Gasteiger partial charge in [0.15, 0.2) is 0 Å². The second kappa shape index (κ2) is 5.27. The molecule has 19 heavy (non-hydrogen) atoms. The summed E-state index contributed by atoms with van der Waals surface area (Å²) in [6.07, 6.45) is 1.26. The number of anilines is 1. The maximum absolute atomic E-state index is 13.5. The number of benzene rings is 1. The van der Waals surface area contributed by atoms with Crippen molar-refractivity contribution in [3.05, 3.63) is 46.5 Å². The first-order valence-corrected chi connectivity index (χ1v) is 5.80. The lowest BCUT2D eigenvalue weighted by Crippen LogP contribution is -2.10. The molecule has 0 amide bonds. The van der Waals surface area contributed by atoms with Crippen molar-refractivity contribution in [1.29, 1.82) is 0 Å². The van der Waals surface area contributed by atoms with E-state index < -0.39 is 11.8 Å². The van der Waals surface area contributed by atoms with Crippen molar-refractivity contribution in [2.75, 3.05) is 5.32 Å². The number of carboxylic acid groups (broad SMARTS) is 1. The van der Waals surface area contributed by atoms with Gasteiger partial charge in [-0.2, -0.15) is 5.10 Å². The van der Waals surface area contributed by atoms with E-state index >= 15 is 0 Å². The van der Waals surface area contributed by atoms with Crippen LogP contribution in [0.15, 0.2) is 24.4 Å². The molecule has 2 aromatic rings. The van der Waals surface area contributed by atoms with Crippen LogP contribution < -0.4 is 5.32 Å². The lowest BCUT2D eigenvalue weighted by atomic mass is 10.2. The predicted octanol–water partition coefficient (Wildman–Crippen LogP) is 2.52.